The molecule has 0 spiro atoms. The Balaban J connectivity index is 2.02. The minimum absolute atomic E-state index is 0.106. The molecule has 1 aromatic carbocycles. The summed E-state index contributed by atoms with van der Waals surface area (Å²) in [6.07, 6.45) is 0. The molecule has 1 heterocycles. The van der Waals surface area contributed by atoms with E-state index in [1.807, 2.05) is 0 Å². The number of nitro benzene ring substituents is 1. The molecular weight excluding hydrogens is 352 g/mol. The van der Waals surface area contributed by atoms with Gasteiger partial charge in [0.2, 0.25) is 5.91 Å². The van der Waals surface area contributed by atoms with E-state index in [0.29, 0.717) is 16.4 Å². The zero-order chi connectivity index (χ0) is 17.7. The second kappa shape index (κ2) is 7.88. The lowest BCUT2D eigenvalue weighted by Gasteiger charge is -2.03. The zero-order valence-electron chi connectivity index (χ0n) is 12.6. The summed E-state index contributed by atoms with van der Waals surface area (Å²) in [6.45, 7) is 1.61. The average molecular weight is 366 g/mol. The molecule has 0 radical (unpaired) electrons. The number of nitrogens with two attached hydrogens (primary N) is 1. The van der Waals surface area contributed by atoms with Crippen LogP contribution in [0.5, 0.6) is 0 Å². The van der Waals surface area contributed by atoms with Gasteiger partial charge >= 0.3 is 0 Å². The van der Waals surface area contributed by atoms with Crippen LogP contribution in [0.25, 0.3) is 0 Å². The van der Waals surface area contributed by atoms with E-state index in [4.69, 9.17) is 5.73 Å². The Labute approximate surface area is 145 Å². The number of aromatic nitrogens is 1. The zero-order valence-corrected chi connectivity index (χ0v) is 14.3. The number of anilines is 1. The predicted molar refractivity (Wildman–Crippen MR) is 93.3 cm³/mol. The molecule has 2 rings (SSSR count). The van der Waals surface area contributed by atoms with Crippen LogP contribution in [0.1, 0.15) is 21.6 Å². The van der Waals surface area contributed by atoms with E-state index in [2.05, 4.69) is 10.3 Å². The number of nitro groups is 1. The summed E-state index contributed by atoms with van der Waals surface area (Å²) in [5, 5.41) is 15.7. The standard InChI is InChI=1S/C14H14N4O4S2/c1-8-2-3-9(4-11(8)18(21)22)13(20)17-14-16-10(6-24-14)5-23-7-12(15)19/h2-4,6H,5,7H2,1H3,(H2,15,19)(H,16,17,20). The molecule has 0 saturated heterocycles. The van der Waals surface area contributed by atoms with E-state index < -0.39 is 16.7 Å². The van der Waals surface area contributed by atoms with Gasteiger partial charge in [-0.1, -0.05) is 6.07 Å². The summed E-state index contributed by atoms with van der Waals surface area (Å²) >= 11 is 2.57. The Morgan fingerprint density at radius 3 is 2.88 bits per heavy atom. The number of benzene rings is 1. The van der Waals surface area contributed by atoms with Gasteiger partial charge in [0.25, 0.3) is 11.6 Å². The van der Waals surface area contributed by atoms with E-state index in [9.17, 15) is 19.7 Å². The molecule has 2 amide bonds. The number of aryl methyl sites for hydroxylation is 1. The molecule has 126 valence electrons. The number of thiazole rings is 1. The van der Waals surface area contributed by atoms with E-state index in [1.54, 1.807) is 12.3 Å². The van der Waals surface area contributed by atoms with Crippen molar-refractivity contribution in [2.45, 2.75) is 12.7 Å². The van der Waals surface area contributed by atoms with Crippen molar-refractivity contribution in [3.8, 4) is 0 Å². The van der Waals surface area contributed by atoms with Gasteiger partial charge in [-0.05, 0) is 13.0 Å². The quantitative estimate of drug-likeness (QED) is 0.571. The number of carbonyl (C=O) groups excluding carboxylic acids is 2. The Kier molecular flexibility index (Phi) is 5.88. The molecular formula is C14H14N4O4S2. The van der Waals surface area contributed by atoms with Gasteiger partial charge in [0.1, 0.15) is 0 Å². The van der Waals surface area contributed by atoms with Gasteiger partial charge in [0.15, 0.2) is 5.13 Å². The summed E-state index contributed by atoms with van der Waals surface area (Å²) < 4.78 is 0. The molecule has 0 atom stereocenters. The van der Waals surface area contributed by atoms with Gasteiger partial charge in [0, 0.05) is 28.3 Å². The maximum Gasteiger partial charge on any atom is 0.273 e. The maximum atomic E-state index is 12.2. The number of nitrogens with zero attached hydrogens (tertiary/aromatic N) is 2. The lowest BCUT2D eigenvalue weighted by Crippen LogP contribution is -2.13. The number of amides is 2. The number of hydrogen-bond donors (Lipinski definition) is 2. The van der Waals surface area contributed by atoms with Crippen molar-refractivity contribution in [1.82, 2.24) is 4.98 Å². The summed E-state index contributed by atoms with van der Waals surface area (Å²) in [6, 6.07) is 4.29. The summed E-state index contributed by atoms with van der Waals surface area (Å²) in [4.78, 5) is 37.5. The van der Waals surface area contributed by atoms with Crippen LogP contribution in [-0.4, -0.2) is 27.5 Å². The molecule has 0 aliphatic carbocycles. The number of thioether (sulfide) groups is 1. The monoisotopic (exact) mass is 366 g/mol. The average Bonchev–Trinajstić information content (AvgIpc) is 2.94. The van der Waals surface area contributed by atoms with E-state index in [1.165, 1.54) is 41.3 Å². The number of hydrogen-bond acceptors (Lipinski definition) is 7. The maximum absolute atomic E-state index is 12.2. The largest absolute Gasteiger partial charge is 0.369 e. The fourth-order valence-corrected chi connectivity index (χ4v) is 3.27. The first-order valence-corrected chi connectivity index (χ1v) is 8.77. The number of carbonyl (C=O) groups is 2. The molecule has 24 heavy (non-hydrogen) atoms. The molecule has 8 nitrogen and oxygen atoms in total. The molecule has 0 saturated carbocycles. The topological polar surface area (TPSA) is 128 Å². The van der Waals surface area contributed by atoms with Gasteiger partial charge in [-0.25, -0.2) is 4.98 Å². The van der Waals surface area contributed by atoms with Crippen molar-refractivity contribution < 1.29 is 14.5 Å². The third-order valence-electron chi connectivity index (χ3n) is 2.93. The van der Waals surface area contributed by atoms with Crippen molar-refractivity contribution in [1.29, 1.82) is 0 Å². The fourth-order valence-electron chi connectivity index (χ4n) is 1.80. The van der Waals surface area contributed by atoms with Crippen LogP contribution in [0.15, 0.2) is 23.6 Å². The van der Waals surface area contributed by atoms with Crippen LogP contribution in [0.4, 0.5) is 10.8 Å². The molecule has 0 aliphatic heterocycles. The van der Waals surface area contributed by atoms with Crippen LogP contribution in [0.2, 0.25) is 0 Å². The van der Waals surface area contributed by atoms with Crippen LogP contribution in [-0.2, 0) is 10.5 Å². The third kappa shape index (κ3) is 4.77. The van der Waals surface area contributed by atoms with E-state index in [-0.39, 0.29) is 17.0 Å². The van der Waals surface area contributed by atoms with Crippen LogP contribution in [0.3, 0.4) is 0 Å². The summed E-state index contributed by atoms with van der Waals surface area (Å²) in [5.74, 6) is -0.161. The number of nitrogens with one attached hydrogen (secondary N) is 1. The molecule has 0 aliphatic rings. The van der Waals surface area contributed by atoms with Gasteiger partial charge in [-0.3, -0.25) is 25.0 Å². The SMILES string of the molecule is Cc1ccc(C(=O)Nc2nc(CSCC(N)=O)cs2)cc1[N+](=O)[O-]. The molecule has 0 unspecified atom stereocenters. The third-order valence-corrected chi connectivity index (χ3v) is 4.73. The minimum atomic E-state index is -0.524. The normalized spacial score (nSPS) is 10.4. The van der Waals surface area contributed by atoms with Crippen molar-refractivity contribution in [3.63, 3.8) is 0 Å². The lowest BCUT2D eigenvalue weighted by atomic mass is 10.1. The molecule has 0 fully saturated rings. The highest BCUT2D eigenvalue weighted by Gasteiger charge is 2.16. The Morgan fingerprint density at radius 1 is 1.46 bits per heavy atom. The Hall–Kier alpha value is -2.46. The number of rotatable bonds is 7. The molecule has 3 N–H and O–H groups in total. The fraction of sp³-hybridized carbons (Fsp3) is 0.214. The Bertz CT molecular complexity index is 791. The van der Waals surface area contributed by atoms with Crippen molar-refractivity contribution in [2.75, 3.05) is 11.1 Å². The minimum Gasteiger partial charge on any atom is -0.369 e. The predicted octanol–water partition coefficient (Wildman–Crippen LogP) is 2.33. The first-order valence-electron chi connectivity index (χ1n) is 6.73. The van der Waals surface area contributed by atoms with Crippen molar-refractivity contribution in [3.05, 3.63) is 50.5 Å². The van der Waals surface area contributed by atoms with Gasteiger partial charge in [-0.15, -0.1) is 23.1 Å². The van der Waals surface area contributed by atoms with E-state index >= 15 is 0 Å². The highest BCUT2D eigenvalue weighted by Crippen LogP contribution is 2.22. The van der Waals surface area contributed by atoms with Gasteiger partial charge in [0.05, 0.1) is 16.4 Å². The second-order valence-electron chi connectivity index (χ2n) is 4.82. The molecule has 2 aromatic rings. The van der Waals surface area contributed by atoms with Crippen LogP contribution in [0, 0.1) is 17.0 Å². The van der Waals surface area contributed by atoms with Crippen molar-refractivity contribution >= 4 is 45.7 Å². The van der Waals surface area contributed by atoms with E-state index in [0.717, 1.165) is 5.69 Å². The smallest absolute Gasteiger partial charge is 0.273 e. The lowest BCUT2D eigenvalue weighted by molar-refractivity contribution is -0.385. The first-order chi connectivity index (χ1) is 11.4. The highest BCUT2D eigenvalue weighted by molar-refractivity contribution is 7.99. The molecule has 10 heteroatoms. The first kappa shape index (κ1) is 17.9. The van der Waals surface area contributed by atoms with Crippen LogP contribution >= 0.6 is 23.1 Å². The molecule has 1 aromatic heterocycles. The van der Waals surface area contributed by atoms with Crippen LogP contribution < -0.4 is 11.1 Å². The second-order valence-corrected chi connectivity index (χ2v) is 6.66. The Morgan fingerprint density at radius 2 is 2.21 bits per heavy atom. The van der Waals surface area contributed by atoms with Gasteiger partial charge in [-0.2, -0.15) is 0 Å². The summed E-state index contributed by atoms with van der Waals surface area (Å²) in [5.41, 5.74) is 6.34. The molecule has 0 bridgehead atoms. The van der Waals surface area contributed by atoms with Gasteiger partial charge < -0.3 is 5.73 Å². The van der Waals surface area contributed by atoms with Crippen molar-refractivity contribution in [2.24, 2.45) is 5.73 Å². The number of primary amides is 1. The highest BCUT2D eigenvalue weighted by atomic mass is 32.2. The summed E-state index contributed by atoms with van der Waals surface area (Å²) in [7, 11) is 0.